The molecule has 2 N–H and O–H groups in total. The van der Waals surface area contributed by atoms with E-state index >= 15 is 0 Å². The van der Waals surface area contributed by atoms with Gasteiger partial charge in [-0.15, -0.1) is 11.6 Å². The second-order valence-electron chi connectivity index (χ2n) is 4.63. The van der Waals surface area contributed by atoms with E-state index in [-0.39, 0.29) is 5.69 Å². The van der Waals surface area contributed by atoms with Crippen molar-refractivity contribution in [3.05, 3.63) is 63.8 Å². The predicted octanol–water partition coefficient (Wildman–Crippen LogP) is 3.33. The van der Waals surface area contributed by atoms with Crippen LogP contribution in [0.25, 0.3) is 11.0 Å². The van der Waals surface area contributed by atoms with Crippen LogP contribution in [-0.4, -0.2) is 17.1 Å². The molecule has 0 aliphatic heterocycles. The zero-order valence-corrected chi connectivity index (χ0v) is 11.9. The number of hydrogen-bond donors (Lipinski definition) is 2. The third-order valence-electron chi connectivity index (χ3n) is 3.31. The van der Waals surface area contributed by atoms with Gasteiger partial charge in [0.1, 0.15) is 11.6 Å². The van der Waals surface area contributed by atoms with Crippen LogP contribution in [-0.2, 0) is 0 Å². The molecule has 0 spiro atoms. The molecule has 6 heteroatoms. The number of H-pyrrole nitrogens is 2. The number of fused-ring (bicyclic) bond motifs is 1. The Bertz CT molecular complexity index is 856. The molecule has 0 aliphatic rings. The number of rotatable bonds is 3. The molecular weight excluding hydrogens is 295 g/mol. The van der Waals surface area contributed by atoms with Crippen molar-refractivity contribution >= 4 is 22.6 Å². The Labute approximate surface area is 124 Å². The summed E-state index contributed by atoms with van der Waals surface area (Å²) in [4.78, 5) is 16.5. The van der Waals surface area contributed by atoms with Gasteiger partial charge in [-0.25, -0.2) is 9.18 Å². The molecule has 1 unspecified atom stereocenters. The van der Waals surface area contributed by atoms with Crippen LogP contribution in [0, 0.1) is 5.82 Å². The van der Waals surface area contributed by atoms with E-state index in [2.05, 4.69) is 9.97 Å². The fourth-order valence-corrected chi connectivity index (χ4v) is 2.54. The van der Waals surface area contributed by atoms with Gasteiger partial charge in [0.25, 0.3) is 0 Å². The summed E-state index contributed by atoms with van der Waals surface area (Å²) in [6.45, 7) is 0. The van der Waals surface area contributed by atoms with E-state index in [0.29, 0.717) is 27.9 Å². The predicted molar refractivity (Wildman–Crippen MR) is 79.6 cm³/mol. The molecule has 21 heavy (non-hydrogen) atoms. The van der Waals surface area contributed by atoms with Gasteiger partial charge in [-0.3, -0.25) is 0 Å². The number of imidazole rings is 1. The van der Waals surface area contributed by atoms with Crippen molar-refractivity contribution in [3.63, 3.8) is 0 Å². The van der Waals surface area contributed by atoms with Gasteiger partial charge >= 0.3 is 5.69 Å². The lowest BCUT2D eigenvalue weighted by Gasteiger charge is -2.12. The van der Waals surface area contributed by atoms with E-state index in [1.54, 1.807) is 30.3 Å². The Morgan fingerprint density at radius 3 is 2.62 bits per heavy atom. The maximum absolute atomic E-state index is 14.1. The summed E-state index contributed by atoms with van der Waals surface area (Å²) in [5.74, 6) is 0.00235. The zero-order chi connectivity index (χ0) is 15.0. The highest BCUT2D eigenvalue weighted by Gasteiger charge is 2.16. The molecule has 1 aromatic heterocycles. The van der Waals surface area contributed by atoms with Gasteiger partial charge in [-0.05, 0) is 23.8 Å². The second-order valence-corrected chi connectivity index (χ2v) is 5.07. The Hall–Kier alpha value is -2.27. The smallest absolute Gasteiger partial charge is 0.323 e. The Kier molecular flexibility index (Phi) is 3.43. The van der Waals surface area contributed by atoms with Gasteiger partial charge in [0, 0.05) is 11.6 Å². The number of aromatic nitrogens is 2. The van der Waals surface area contributed by atoms with Gasteiger partial charge in [0.05, 0.1) is 23.5 Å². The lowest BCUT2D eigenvalue weighted by molar-refractivity contribution is 0.411. The van der Waals surface area contributed by atoms with Gasteiger partial charge in [0.2, 0.25) is 0 Å². The van der Waals surface area contributed by atoms with Crippen molar-refractivity contribution in [3.8, 4) is 5.75 Å². The highest BCUT2D eigenvalue weighted by atomic mass is 35.5. The molecule has 108 valence electrons. The first-order valence-corrected chi connectivity index (χ1v) is 6.71. The van der Waals surface area contributed by atoms with Crippen LogP contribution in [0.3, 0.4) is 0 Å². The molecule has 0 fully saturated rings. The summed E-state index contributed by atoms with van der Waals surface area (Å²) in [5.41, 5.74) is 2.09. The Morgan fingerprint density at radius 2 is 1.90 bits per heavy atom. The van der Waals surface area contributed by atoms with Crippen molar-refractivity contribution in [1.82, 2.24) is 9.97 Å². The monoisotopic (exact) mass is 306 g/mol. The fourth-order valence-electron chi connectivity index (χ4n) is 2.23. The minimum Gasteiger partial charge on any atom is -0.497 e. The number of hydrogen-bond acceptors (Lipinski definition) is 2. The summed E-state index contributed by atoms with van der Waals surface area (Å²) in [7, 11) is 1.48. The molecule has 2 aromatic carbocycles. The summed E-state index contributed by atoms with van der Waals surface area (Å²) < 4.78 is 19.0. The molecule has 1 atom stereocenters. The first-order chi connectivity index (χ1) is 10.1. The standard InChI is InChI=1S/C15H12ClFN2O2/c1-21-9-3-4-10(11(17)7-9)14(16)8-2-5-12-13(6-8)19-15(20)18-12/h2-7,14H,1H3,(H2,18,19,20). The summed E-state index contributed by atoms with van der Waals surface area (Å²) >= 11 is 6.36. The van der Waals surface area contributed by atoms with Crippen molar-refractivity contribution in [1.29, 1.82) is 0 Å². The molecular formula is C15H12ClFN2O2. The molecule has 0 radical (unpaired) electrons. The van der Waals surface area contributed by atoms with Gasteiger partial charge in [-0.2, -0.15) is 0 Å². The van der Waals surface area contributed by atoms with E-state index < -0.39 is 11.2 Å². The lowest BCUT2D eigenvalue weighted by Crippen LogP contribution is -1.99. The SMILES string of the molecule is COc1ccc(C(Cl)c2ccc3[nH]c(=O)[nH]c3c2)c(F)c1. The number of nitrogens with one attached hydrogen (secondary N) is 2. The average molecular weight is 307 g/mol. The largest absolute Gasteiger partial charge is 0.497 e. The number of halogens is 2. The fraction of sp³-hybridized carbons (Fsp3) is 0.133. The number of aromatic amines is 2. The van der Waals surface area contributed by atoms with Crippen LogP contribution in [0.15, 0.2) is 41.2 Å². The van der Waals surface area contributed by atoms with Crippen LogP contribution in [0.5, 0.6) is 5.75 Å². The third-order valence-corrected chi connectivity index (χ3v) is 3.80. The quantitative estimate of drug-likeness (QED) is 0.729. The van der Waals surface area contributed by atoms with Gasteiger partial charge in [0.15, 0.2) is 0 Å². The van der Waals surface area contributed by atoms with Crippen LogP contribution < -0.4 is 10.4 Å². The van der Waals surface area contributed by atoms with Crippen LogP contribution >= 0.6 is 11.6 Å². The highest BCUT2D eigenvalue weighted by molar-refractivity contribution is 6.22. The summed E-state index contributed by atoms with van der Waals surface area (Å²) in [5, 5.41) is -0.654. The number of ether oxygens (including phenoxy) is 1. The zero-order valence-electron chi connectivity index (χ0n) is 11.1. The average Bonchev–Trinajstić information content (AvgIpc) is 2.85. The normalized spacial score (nSPS) is 12.5. The van der Waals surface area contributed by atoms with Crippen LogP contribution in [0.4, 0.5) is 4.39 Å². The first-order valence-electron chi connectivity index (χ1n) is 6.28. The van der Waals surface area contributed by atoms with E-state index in [1.807, 2.05) is 0 Å². The minimum atomic E-state index is -0.654. The van der Waals surface area contributed by atoms with Gasteiger partial charge < -0.3 is 14.7 Å². The van der Waals surface area contributed by atoms with Crippen molar-refractivity contribution < 1.29 is 9.13 Å². The molecule has 4 nitrogen and oxygen atoms in total. The molecule has 0 amide bonds. The summed E-state index contributed by atoms with van der Waals surface area (Å²) in [6, 6.07) is 9.77. The summed E-state index contributed by atoms with van der Waals surface area (Å²) in [6.07, 6.45) is 0. The van der Waals surface area contributed by atoms with Crippen molar-refractivity contribution in [2.24, 2.45) is 0 Å². The topological polar surface area (TPSA) is 57.9 Å². The van der Waals surface area contributed by atoms with Crippen molar-refractivity contribution in [2.45, 2.75) is 5.38 Å². The molecule has 0 bridgehead atoms. The lowest BCUT2D eigenvalue weighted by atomic mass is 10.0. The number of benzene rings is 2. The Balaban J connectivity index is 2.02. The maximum atomic E-state index is 14.1. The highest BCUT2D eigenvalue weighted by Crippen LogP contribution is 2.33. The van der Waals surface area contributed by atoms with Crippen LogP contribution in [0.1, 0.15) is 16.5 Å². The minimum absolute atomic E-state index is 0.288. The third kappa shape index (κ3) is 2.52. The molecule has 0 aliphatic carbocycles. The van der Waals surface area contributed by atoms with E-state index in [0.717, 1.165) is 0 Å². The maximum Gasteiger partial charge on any atom is 0.323 e. The first kappa shape index (κ1) is 13.7. The van der Waals surface area contributed by atoms with Crippen LogP contribution in [0.2, 0.25) is 0 Å². The molecule has 0 saturated carbocycles. The molecule has 0 saturated heterocycles. The van der Waals surface area contributed by atoms with E-state index in [1.165, 1.54) is 13.2 Å². The molecule has 3 rings (SSSR count). The molecule has 1 heterocycles. The number of alkyl halides is 1. The van der Waals surface area contributed by atoms with Crippen molar-refractivity contribution in [2.75, 3.05) is 7.11 Å². The second kappa shape index (κ2) is 5.26. The van der Waals surface area contributed by atoms with E-state index in [9.17, 15) is 9.18 Å². The van der Waals surface area contributed by atoms with Gasteiger partial charge in [-0.1, -0.05) is 12.1 Å². The van der Waals surface area contributed by atoms with E-state index in [4.69, 9.17) is 16.3 Å². The molecule has 3 aromatic rings. The number of methoxy groups -OCH3 is 1. The Morgan fingerprint density at radius 1 is 1.14 bits per heavy atom.